The van der Waals surface area contributed by atoms with Gasteiger partial charge >= 0.3 is 0 Å². The number of nitrogens with one attached hydrogen (secondary N) is 1. The van der Waals surface area contributed by atoms with Gasteiger partial charge in [-0.2, -0.15) is 11.8 Å². The van der Waals surface area contributed by atoms with Crippen molar-refractivity contribution in [3.63, 3.8) is 0 Å². The topological polar surface area (TPSA) is 49.4 Å². The van der Waals surface area contributed by atoms with Gasteiger partial charge in [-0.3, -0.25) is 9.59 Å². The van der Waals surface area contributed by atoms with E-state index in [4.69, 9.17) is 0 Å². The lowest BCUT2D eigenvalue weighted by molar-refractivity contribution is -0.149. The van der Waals surface area contributed by atoms with Gasteiger partial charge in [0, 0.05) is 18.1 Å². The molecule has 0 aromatic heterocycles. The summed E-state index contributed by atoms with van der Waals surface area (Å²) in [4.78, 5) is 26.4. The number of carbonyl (C=O) groups is 2. The van der Waals surface area contributed by atoms with E-state index in [1.54, 1.807) is 16.7 Å². The summed E-state index contributed by atoms with van der Waals surface area (Å²) in [7, 11) is 0. The molecule has 0 radical (unpaired) electrons. The van der Waals surface area contributed by atoms with Crippen LogP contribution >= 0.6 is 11.8 Å². The van der Waals surface area contributed by atoms with Crippen LogP contribution in [-0.4, -0.2) is 46.8 Å². The molecule has 114 valence electrons. The second-order valence-corrected chi connectivity index (χ2v) is 6.66. The number of hydrogen-bond acceptors (Lipinski definition) is 3. The number of thioether (sulfide) groups is 1. The predicted octanol–water partition coefficient (Wildman–Crippen LogP) is 2.06. The van der Waals surface area contributed by atoms with Gasteiger partial charge in [0.1, 0.15) is 12.1 Å². The first-order valence-corrected chi connectivity index (χ1v) is 8.46. The third kappa shape index (κ3) is 4.54. The molecule has 2 amide bonds. The zero-order valence-corrected chi connectivity index (χ0v) is 13.5. The standard InChI is InChI=1S/C15H26N2O2S/c1-5-8-20-9-7-17-13(6-2)14(18)16-12(15(17)19)10-11(3)4/h5,11-13H,1,6-10H2,2-4H3,(H,16,18). The van der Waals surface area contributed by atoms with Crippen LogP contribution in [0, 0.1) is 5.92 Å². The fourth-order valence-electron chi connectivity index (χ4n) is 2.46. The maximum absolute atomic E-state index is 12.5. The van der Waals surface area contributed by atoms with Crippen LogP contribution in [0.2, 0.25) is 0 Å². The molecule has 1 saturated heterocycles. The summed E-state index contributed by atoms with van der Waals surface area (Å²) in [6.45, 7) is 10.4. The molecule has 1 aliphatic rings. The highest BCUT2D eigenvalue weighted by Gasteiger charge is 2.39. The Balaban J connectivity index is 2.70. The molecule has 1 aliphatic heterocycles. The smallest absolute Gasteiger partial charge is 0.245 e. The number of carbonyl (C=O) groups excluding carboxylic acids is 2. The van der Waals surface area contributed by atoms with Crippen LogP contribution in [0.3, 0.4) is 0 Å². The van der Waals surface area contributed by atoms with Crippen LogP contribution in [-0.2, 0) is 9.59 Å². The van der Waals surface area contributed by atoms with E-state index >= 15 is 0 Å². The summed E-state index contributed by atoms with van der Waals surface area (Å²) in [6.07, 6.45) is 3.23. The monoisotopic (exact) mass is 298 g/mol. The van der Waals surface area contributed by atoms with E-state index < -0.39 is 0 Å². The van der Waals surface area contributed by atoms with Crippen molar-refractivity contribution >= 4 is 23.6 Å². The highest BCUT2D eigenvalue weighted by Crippen LogP contribution is 2.18. The molecule has 0 bridgehead atoms. The molecule has 20 heavy (non-hydrogen) atoms. The molecule has 2 unspecified atom stereocenters. The van der Waals surface area contributed by atoms with E-state index in [2.05, 4.69) is 25.7 Å². The van der Waals surface area contributed by atoms with Crippen molar-refractivity contribution in [3.05, 3.63) is 12.7 Å². The minimum absolute atomic E-state index is 0.00790. The highest BCUT2D eigenvalue weighted by atomic mass is 32.2. The van der Waals surface area contributed by atoms with Crippen LogP contribution < -0.4 is 5.32 Å². The summed E-state index contributed by atoms with van der Waals surface area (Å²) in [5.74, 6) is 2.17. The molecule has 1 rings (SSSR count). The zero-order valence-electron chi connectivity index (χ0n) is 12.7. The third-order valence-corrected chi connectivity index (χ3v) is 4.33. The molecule has 0 aromatic carbocycles. The first kappa shape index (κ1) is 17.1. The van der Waals surface area contributed by atoms with Crippen molar-refractivity contribution < 1.29 is 9.59 Å². The van der Waals surface area contributed by atoms with Crippen LogP contribution in [0.25, 0.3) is 0 Å². The van der Waals surface area contributed by atoms with E-state index in [9.17, 15) is 9.59 Å². The highest BCUT2D eigenvalue weighted by molar-refractivity contribution is 7.99. The predicted molar refractivity (Wildman–Crippen MR) is 84.7 cm³/mol. The molecule has 4 nitrogen and oxygen atoms in total. The molecule has 0 aromatic rings. The minimum atomic E-state index is -0.352. The first-order valence-electron chi connectivity index (χ1n) is 7.30. The van der Waals surface area contributed by atoms with E-state index in [0.29, 0.717) is 25.3 Å². The number of piperazine rings is 1. The normalized spacial score (nSPS) is 23.1. The molecular weight excluding hydrogens is 272 g/mol. The Bertz CT molecular complexity index is 358. The zero-order chi connectivity index (χ0) is 15.1. The maximum atomic E-state index is 12.5. The molecule has 2 atom stereocenters. The second-order valence-electron chi connectivity index (χ2n) is 5.51. The fourth-order valence-corrected chi connectivity index (χ4v) is 3.12. The van der Waals surface area contributed by atoms with Gasteiger partial charge in [0.2, 0.25) is 11.8 Å². The lowest BCUT2D eigenvalue weighted by Crippen LogP contribution is -2.63. The number of rotatable bonds is 8. The molecule has 0 spiro atoms. The van der Waals surface area contributed by atoms with Crippen LogP contribution in [0.4, 0.5) is 0 Å². The van der Waals surface area contributed by atoms with Crippen LogP contribution in [0.5, 0.6) is 0 Å². The van der Waals surface area contributed by atoms with E-state index in [1.165, 1.54) is 0 Å². The van der Waals surface area contributed by atoms with Gasteiger partial charge in [-0.1, -0.05) is 26.8 Å². The molecule has 1 fully saturated rings. The summed E-state index contributed by atoms with van der Waals surface area (Å²) in [5.41, 5.74) is 0. The Kier molecular flexibility index (Phi) is 7.13. The Labute approximate surface area is 126 Å². The van der Waals surface area contributed by atoms with Gasteiger partial charge in [-0.25, -0.2) is 0 Å². The summed E-state index contributed by atoms with van der Waals surface area (Å²) in [5, 5.41) is 2.88. The van der Waals surface area contributed by atoms with Gasteiger partial charge in [0.05, 0.1) is 0 Å². The number of amides is 2. The summed E-state index contributed by atoms with van der Waals surface area (Å²) < 4.78 is 0. The molecule has 0 saturated carbocycles. The average molecular weight is 298 g/mol. The molecular formula is C15H26N2O2S. The van der Waals surface area contributed by atoms with E-state index in [-0.39, 0.29) is 23.9 Å². The Morgan fingerprint density at radius 1 is 1.45 bits per heavy atom. The van der Waals surface area contributed by atoms with Crippen molar-refractivity contribution in [1.82, 2.24) is 10.2 Å². The van der Waals surface area contributed by atoms with Crippen molar-refractivity contribution in [2.24, 2.45) is 5.92 Å². The summed E-state index contributed by atoms with van der Waals surface area (Å²) in [6, 6.07) is -0.662. The molecule has 5 heteroatoms. The molecule has 1 N–H and O–H groups in total. The minimum Gasteiger partial charge on any atom is -0.342 e. The lowest BCUT2D eigenvalue weighted by atomic mass is 9.98. The van der Waals surface area contributed by atoms with Crippen molar-refractivity contribution in [2.75, 3.05) is 18.1 Å². The number of hydrogen-bond donors (Lipinski definition) is 1. The quantitative estimate of drug-likeness (QED) is 0.551. The number of nitrogens with zero attached hydrogens (tertiary/aromatic N) is 1. The maximum Gasteiger partial charge on any atom is 0.245 e. The van der Waals surface area contributed by atoms with Crippen molar-refractivity contribution in [3.8, 4) is 0 Å². The Hall–Kier alpha value is -0.970. The summed E-state index contributed by atoms with van der Waals surface area (Å²) >= 11 is 1.73. The van der Waals surface area contributed by atoms with E-state index in [0.717, 1.165) is 11.5 Å². The SMILES string of the molecule is C=CCSCCN1C(=O)C(CC(C)C)NC(=O)C1CC. The van der Waals surface area contributed by atoms with Gasteiger partial charge in [-0.15, -0.1) is 6.58 Å². The molecule has 0 aliphatic carbocycles. The second kappa shape index (κ2) is 8.35. The van der Waals surface area contributed by atoms with Gasteiger partial charge in [0.25, 0.3) is 0 Å². The average Bonchev–Trinajstić information content (AvgIpc) is 2.39. The Morgan fingerprint density at radius 3 is 2.70 bits per heavy atom. The van der Waals surface area contributed by atoms with E-state index in [1.807, 2.05) is 13.0 Å². The van der Waals surface area contributed by atoms with Crippen LogP contribution in [0.1, 0.15) is 33.6 Å². The molecule has 1 heterocycles. The largest absolute Gasteiger partial charge is 0.342 e. The third-order valence-electron chi connectivity index (χ3n) is 3.38. The van der Waals surface area contributed by atoms with Crippen molar-refractivity contribution in [1.29, 1.82) is 0 Å². The van der Waals surface area contributed by atoms with Gasteiger partial charge in [0.15, 0.2) is 0 Å². The fraction of sp³-hybridized carbons (Fsp3) is 0.733. The van der Waals surface area contributed by atoms with Crippen molar-refractivity contribution in [2.45, 2.75) is 45.7 Å². The van der Waals surface area contributed by atoms with Gasteiger partial charge in [-0.05, 0) is 18.8 Å². The van der Waals surface area contributed by atoms with Crippen LogP contribution in [0.15, 0.2) is 12.7 Å². The Morgan fingerprint density at radius 2 is 2.15 bits per heavy atom. The lowest BCUT2D eigenvalue weighted by Gasteiger charge is -2.39. The van der Waals surface area contributed by atoms with Gasteiger partial charge < -0.3 is 10.2 Å². The first-order chi connectivity index (χ1) is 9.51.